The second-order valence-corrected chi connectivity index (χ2v) is 9.49. The topological polar surface area (TPSA) is 119 Å². The molecule has 0 spiro atoms. The third kappa shape index (κ3) is 4.17. The molecule has 1 aromatic carbocycles. The molecule has 1 saturated heterocycles. The lowest BCUT2D eigenvalue weighted by Gasteiger charge is -2.32. The Kier molecular flexibility index (Phi) is 5.59. The first-order valence-corrected chi connectivity index (χ1v) is 12.3. The molecule has 3 aromatic heterocycles. The fraction of sp³-hybridized carbons (Fsp3) is 0.296. The number of hydrogen-bond donors (Lipinski definition) is 2. The van der Waals surface area contributed by atoms with E-state index in [0.717, 1.165) is 54.8 Å². The summed E-state index contributed by atoms with van der Waals surface area (Å²) in [6.07, 6.45) is 9.12. The average Bonchev–Trinajstić information content (AvgIpc) is 3.69. The molecule has 1 aliphatic heterocycles. The van der Waals surface area contributed by atoms with Crippen LogP contribution in [0, 0.1) is 5.92 Å². The van der Waals surface area contributed by atoms with Crippen LogP contribution >= 0.6 is 0 Å². The van der Waals surface area contributed by atoms with E-state index in [4.69, 9.17) is 10.7 Å². The van der Waals surface area contributed by atoms with Gasteiger partial charge in [-0.2, -0.15) is 0 Å². The molecule has 1 unspecified atom stereocenters. The van der Waals surface area contributed by atoms with Crippen molar-refractivity contribution in [1.29, 1.82) is 0 Å². The third-order valence-corrected chi connectivity index (χ3v) is 6.96. The summed E-state index contributed by atoms with van der Waals surface area (Å²) in [5.74, 6) is 2.15. The Morgan fingerprint density at radius 1 is 1.00 bits per heavy atom. The summed E-state index contributed by atoms with van der Waals surface area (Å²) in [6.45, 7) is 1.48. The maximum Gasteiger partial charge on any atom is 0.256 e. The minimum absolute atomic E-state index is 0.118. The van der Waals surface area contributed by atoms with Crippen LogP contribution in [0.1, 0.15) is 47.8 Å². The Balaban J connectivity index is 1.30. The first-order valence-electron chi connectivity index (χ1n) is 12.3. The zero-order chi connectivity index (χ0) is 24.6. The molecule has 6 rings (SSSR count). The van der Waals surface area contributed by atoms with Crippen molar-refractivity contribution in [3.8, 4) is 11.3 Å². The van der Waals surface area contributed by atoms with Gasteiger partial charge >= 0.3 is 0 Å². The summed E-state index contributed by atoms with van der Waals surface area (Å²) in [5.41, 5.74) is 9.13. The van der Waals surface area contributed by atoms with E-state index in [9.17, 15) is 9.59 Å². The van der Waals surface area contributed by atoms with Crippen molar-refractivity contribution >= 4 is 29.0 Å². The molecule has 1 atom stereocenters. The van der Waals surface area contributed by atoms with Gasteiger partial charge in [0.2, 0.25) is 5.91 Å². The van der Waals surface area contributed by atoms with Gasteiger partial charge in [-0.1, -0.05) is 18.2 Å². The zero-order valence-electron chi connectivity index (χ0n) is 19.8. The molecule has 1 saturated carbocycles. The number of carbonyl (C=O) groups excluding carboxylic acids is 2. The largest absolute Gasteiger partial charge is 0.382 e. The highest BCUT2D eigenvalue weighted by atomic mass is 16.2. The lowest BCUT2D eigenvalue weighted by molar-refractivity contribution is -0.133. The molecule has 4 aromatic rings. The monoisotopic (exact) mass is 481 g/mol. The molecule has 1 aliphatic carbocycles. The summed E-state index contributed by atoms with van der Waals surface area (Å²) in [5, 5.41) is 2.80. The number of nitrogens with two attached hydrogens (primary N) is 1. The van der Waals surface area contributed by atoms with Crippen molar-refractivity contribution in [3.05, 3.63) is 72.4 Å². The number of piperidine rings is 1. The van der Waals surface area contributed by atoms with E-state index in [1.807, 2.05) is 33.7 Å². The number of hydrogen-bond acceptors (Lipinski definition) is 6. The smallest absolute Gasteiger partial charge is 0.256 e. The van der Waals surface area contributed by atoms with Gasteiger partial charge in [-0.3, -0.25) is 14.0 Å². The number of carbonyl (C=O) groups is 2. The number of benzene rings is 1. The van der Waals surface area contributed by atoms with E-state index in [1.54, 1.807) is 36.7 Å². The maximum absolute atomic E-state index is 12.7. The highest BCUT2D eigenvalue weighted by Crippen LogP contribution is 2.36. The number of nitrogens with one attached hydrogen (secondary N) is 1. The SMILES string of the molecule is Nc1nccn2c(C3CCCN(C(=O)C4CC4)C3)nc(-c3ccc(C(=O)Nc4ccccn4)cc3)c12. The van der Waals surface area contributed by atoms with Crippen LogP contribution in [-0.2, 0) is 4.79 Å². The molecule has 0 radical (unpaired) electrons. The van der Waals surface area contributed by atoms with E-state index in [-0.39, 0.29) is 23.7 Å². The third-order valence-electron chi connectivity index (χ3n) is 6.96. The number of fused-ring (bicyclic) bond motifs is 1. The Bertz CT molecular complexity index is 1430. The first-order chi connectivity index (χ1) is 17.6. The fourth-order valence-electron chi connectivity index (χ4n) is 4.96. The van der Waals surface area contributed by atoms with E-state index >= 15 is 0 Å². The van der Waals surface area contributed by atoms with Crippen LogP contribution in [-0.4, -0.2) is 49.2 Å². The number of anilines is 2. The number of nitrogens with zero attached hydrogens (tertiary/aromatic N) is 5. The molecular weight excluding hydrogens is 454 g/mol. The zero-order valence-corrected chi connectivity index (χ0v) is 19.8. The van der Waals surface area contributed by atoms with E-state index in [2.05, 4.69) is 15.3 Å². The van der Waals surface area contributed by atoms with Crippen molar-refractivity contribution in [2.45, 2.75) is 31.6 Å². The van der Waals surface area contributed by atoms with Gasteiger partial charge in [-0.05, 0) is 49.9 Å². The molecular formula is C27H27N7O2. The van der Waals surface area contributed by atoms with Gasteiger partial charge in [0.25, 0.3) is 5.91 Å². The van der Waals surface area contributed by atoms with E-state index in [1.165, 1.54) is 0 Å². The number of likely N-dealkylation sites (tertiary alicyclic amines) is 1. The Hall–Kier alpha value is -4.27. The molecule has 2 amide bonds. The number of pyridine rings is 1. The average molecular weight is 482 g/mol. The molecule has 36 heavy (non-hydrogen) atoms. The molecule has 4 heterocycles. The molecule has 2 fully saturated rings. The number of aromatic nitrogens is 4. The normalized spacial score (nSPS) is 17.8. The summed E-state index contributed by atoms with van der Waals surface area (Å²) >= 11 is 0. The lowest BCUT2D eigenvalue weighted by Crippen LogP contribution is -2.40. The number of nitrogen functional groups attached to an aromatic ring is 1. The van der Waals surface area contributed by atoms with Gasteiger partial charge < -0.3 is 16.0 Å². The predicted octanol–water partition coefficient (Wildman–Crippen LogP) is 3.74. The minimum Gasteiger partial charge on any atom is -0.382 e. The molecule has 2 aliphatic rings. The van der Waals surface area contributed by atoms with E-state index in [0.29, 0.717) is 23.7 Å². The lowest BCUT2D eigenvalue weighted by atomic mass is 9.97. The fourth-order valence-corrected chi connectivity index (χ4v) is 4.96. The van der Waals surface area contributed by atoms with Gasteiger partial charge in [0, 0.05) is 54.6 Å². The van der Waals surface area contributed by atoms with E-state index < -0.39 is 0 Å². The first kappa shape index (κ1) is 22.2. The van der Waals surface area contributed by atoms with Crippen LogP contribution in [0.2, 0.25) is 0 Å². The van der Waals surface area contributed by atoms with Gasteiger partial charge in [-0.15, -0.1) is 0 Å². The Labute approximate surface area is 208 Å². The molecule has 182 valence electrons. The Morgan fingerprint density at radius 3 is 2.58 bits per heavy atom. The quantitative estimate of drug-likeness (QED) is 0.448. The number of imidazole rings is 1. The summed E-state index contributed by atoms with van der Waals surface area (Å²) in [6, 6.07) is 12.6. The van der Waals surface area contributed by atoms with Crippen LogP contribution in [0.15, 0.2) is 61.1 Å². The standard InChI is InChI=1S/C27H27N7O2/c28-24-23-22(17-6-8-18(9-7-17)26(35)31-21-5-1-2-12-29-21)32-25(34(23)15-13-30-24)20-4-3-14-33(16-20)27(36)19-10-11-19/h1-2,5-9,12-13,15,19-20H,3-4,10-11,14,16H2,(H2,28,30)(H,29,31,35). The van der Waals surface area contributed by atoms with Gasteiger partial charge in [-0.25, -0.2) is 15.0 Å². The van der Waals surface area contributed by atoms with Gasteiger partial charge in [0.1, 0.15) is 28.7 Å². The highest BCUT2D eigenvalue weighted by molar-refractivity contribution is 6.04. The Morgan fingerprint density at radius 2 is 1.83 bits per heavy atom. The van der Waals surface area contributed by atoms with Crippen molar-refractivity contribution in [3.63, 3.8) is 0 Å². The van der Waals surface area contributed by atoms with Crippen molar-refractivity contribution in [1.82, 2.24) is 24.3 Å². The molecule has 3 N–H and O–H groups in total. The number of amides is 2. The van der Waals surface area contributed by atoms with Gasteiger partial charge in [0.15, 0.2) is 0 Å². The van der Waals surface area contributed by atoms with Crippen LogP contribution in [0.5, 0.6) is 0 Å². The summed E-state index contributed by atoms with van der Waals surface area (Å²) in [7, 11) is 0. The maximum atomic E-state index is 12.7. The van der Waals surface area contributed by atoms with Crippen LogP contribution in [0.4, 0.5) is 11.6 Å². The van der Waals surface area contributed by atoms with Crippen molar-refractivity contribution < 1.29 is 9.59 Å². The summed E-state index contributed by atoms with van der Waals surface area (Å²) in [4.78, 5) is 40.8. The predicted molar refractivity (Wildman–Crippen MR) is 136 cm³/mol. The van der Waals surface area contributed by atoms with Crippen LogP contribution in [0.25, 0.3) is 16.8 Å². The number of rotatable bonds is 5. The minimum atomic E-state index is -0.237. The second kappa shape index (κ2) is 9.07. The van der Waals surface area contributed by atoms with Crippen molar-refractivity contribution in [2.75, 3.05) is 24.1 Å². The molecule has 0 bridgehead atoms. The van der Waals surface area contributed by atoms with Gasteiger partial charge in [0.05, 0.1) is 0 Å². The second-order valence-electron chi connectivity index (χ2n) is 9.49. The molecule has 9 heteroatoms. The van der Waals surface area contributed by atoms with Crippen molar-refractivity contribution in [2.24, 2.45) is 5.92 Å². The van der Waals surface area contributed by atoms with Crippen LogP contribution < -0.4 is 11.1 Å². The summed E-state index contributed by atoms with van der Waals surface area (Å²) < 4.78 is 2.01. The van der Waals surface area contributed by atoms with Crippen LogP contribution in [0.3, 0.4) is 0 Å². The molecule has 9 nitrogen and oxygen atoms in total. The highest BCUT2D eigenvalue weighted by Gasteiger charge is 2.36.